The van der Waals surface area contributed by atoms with Crippen LogP contribution in [0, 0.1) is 0 Å². The van der Waals surface area contributed by atoms with Gasteiger partial charge in [-0.3, -0.25) is 9.78 Å². The smallest absolute Gasteiger partial charge is 0.200 e. The van der Waals surface area contributed by atoms with Gasteiger partial charge in [0.05, 0.1) is 12.2 Å². The average Bonchev–Trinajstić information content (AvgIpc) is 2.90. The molecule has 0 atom stereocenters. The average molecular weight is 272 g/mol. The molecule has 0 amide bonds. The molecule has 1 aliphatic heterocycles. The van der Waals surface area contributed by atoms with Gasteiger partial charge in [0.15, 0.2) is 5.78 Å². The summed E-state index contributed by atoms with van der Waals surface area (Å²) in [6, 6.07) is 3.55. The Labute approximate surface area is 119 Å². The Morgan fingerprint density at radius 1 is 1.60 bits per heavy atom. The van der Waals surface area contributed by atoms with Crippen molar-refractivity contribution in [3.8, 4) is 0 Å². The molecule has 0 saturated carbocycles. The second kappa shape index (κ2) is 6.89. The first-order chi connectivity index (χ1) is 9.77. The largest absolute Gasteiger partial charge is 0.479 e. The number of carbonyl (C=O) groups is 1. The van der Waals surface area contributed by atoms with Crippen molar-refractivity contribution in [2.75, 3.05) is 13.2 Å². The summed E-state index contributed by atoms with van der Waals surface area (Å²) >= 11 is 0. The van der Waals surface area contributed by atoms with E-state index in [0.29, 0.717) is 30.0 Å². The molecule has 2 rings (SSSR count). The maximum absolute atomic E-state index is 12.5. The Morgan fingerprint density at radius 2 is 2.45 bits per heavy atom. The van der Waals surface area contributed by atoms with Gasteiger partial charge >= 0.3 is 0 Å². The SMILES string of the molecule is C=CN1CCC(C(=O)c2cccnc2)=C1OCCCC. The highest BCUT2D eigenvalue weighted by molar-refractivity contribution is 6.09. The van der Waals surface area contributed by atoms with Gasteiger partial charge in [-0.15, -0.1) is 0 Å². The normalized spacial score (nSPS) is 14.6. The number of nitrogens with zero attached hydrogens (tertiary/aromatic N) is 2. The summed E-state index contributed by atoms with van der Waals surface area (Å²) in [5, 5.41) is 0. The van der Waals surface area contributed by atoms with Gasteiger partial charge < -0.3 is 9.64 Å². The van der Waals surface area contributed by atoms with E-state index in [-0.39, 0.29) is 5.78 Å². The molecule has 1 aromatic heterocycles. The second-order valence-electron chi connectivity index (χ2n) is 4.68. The fraction of sp³-hybridized carbons (Fsp3) is 0.375. The molecule has 2 heterocycles. The summed E-state index contributed by atoms with van der Waals surface area (Å²) in [4.78, 5) is 18.4. The number of aromatic nitrogens is 1. The number of carbonyl (C=O) groups excluding carboxylic acids is 1. The topological polar surface area (TPSA) is 42.4 Å². The number of hydrogen-bond acceptors (Lipinski definition) is 4. The highest BCUT2D eigenvalue weighted by atomic mass is 16.5. The molecule has 0 N–H and O–H groups in total. The van der Waals surface area contributed by atoms with Crippen LogP contribution in [0.15, 0.2) is 48.8 Å². The summed E-state index contributed by atoms with van der Waals surface area (Å²) < 4.78 is 5.80. The van der Waals surface area contributed by atoms with Crippen molar-refractivity contribution in [3.63, 3.8) is 0 Å². The lowest BCUT2D eigenvalue weighted by atomic mass is 10.0. The minimum atomic E-state index is -0.00560. The van der Waals surface area contributed by atoms with Gasteiger partial charge in [-0.1, -0.05) is 19.9 Å². The first-order valence-electron chi connectivity index (χ1n) is 6.97. The first-order valence-corrected chi connectivity index (χ1v) is 6.97. The van der Waals surface area contributed by atoms with Crippen molar-refractivity contribution in [2.24, 2.45) is 0 Å². The Bertz CT molecular complexity index is 508. The van der Waals surface area contributed by atoms with Crippen LogP contribution >= 0.6 is 0 Å². The zero-order valence-corrected chi connectivity index (χ0v) is 11.8. The monoisotopic (exact) mass is 272 g/mol. The Balaban J connectivity index is 2.22. The zero-order valence-electron chi connectivity index (χ0n) is 11.8. The molecule has 0 saturated heterocycles. The van der Waals surface area contributed by atoms with E-state index >= 15 is 0 Å². The highest BCUT2D eigenvalue weighted by Gasteiger charge is 2.27. The van der Waals surface area contributed by atoms with E-state index in [2.05, 4.69) is 18.5 Å². The van der Waals surface area contributed by atoms with Crippen molar-refractivity contribution in [1.82, 2.24) is 9.88 Å². The number of unbranched alkanes of at least 4 members (excludes halogenated alkanes) is 1. The summed E-state index contributed by atoms with van der Waals surface area (Å²) in [7, 11) is 0. The molecule has 1 aromatic rings. The zero-order chi connectivity index (χ0) is 14.4. The van der Waals surface area contributed by atoms with E-state index in [0.717, 1.165) is 19.4 Å². The summed E-state index contributed by atoms with van der Waals surface area (Å²) in [6.07, 6.45) is 7.69. The molecule has 4 nitrogen and oxygen atoms in total. The molecule has 4 heteroatoms. The van der Waals surface area contributed by atoms with E-state index in [4.69, 9.17) is 4.74 Å². The van der Waals surface area contributed by atoms with Crippen LogP contribution in [0.2, 0.25) is 0 Å². The van der Waals surface area contributed by atoms with Crippen LogP contribution in [0.3, 0.4) is 0 Å². The molecule has 1 aliphatic rings. The predicted octanol–water partition coefficient (Wildman–Crippen LogP) is 3.14. The van der Waals surface area contributed by atoms with Crippen molar-refractivity contribution >= 4 is 5.78 Å². The molecule has 0 spiro atoms. The van der Waals surface area contributed by atoms with Crippen LogP contribution in [0.5, 0.6) is 0 Å². The quantitative estimate of drug-likeness (QED) is 0.565. The Morgan fingerprint density at radius 3 is 3.10 bits per heavy atom. The molecule has 0 aliphatic carbocycles. The van der Waals surface area contributed by atoms with Gasteiger partial charge in [0.1, 0.15) is 0 Å². The lowest BCUT2D eigenvalue weighted by Gasteiger charge is -2.18. The van der Waals surface area contributed by atoms with Crippen molar-refractivity contribution in [2.45, 2.75) is 26.2 Å². The third-order valence-electron chi connectivity index (χ3n) is 3.28. The molecule has 20 heavy (non-hydrogen) atoms. The molecule has 0 unspecified atom stereocenters. The van der Waals surface area contributed by atoms with Crippen LogP contribution < -0.4 is 0 Å². The molecular formula is C16H20N2O2. The minimum absolute atomic E-state index is 0.00560. The fourth-order valence-electron chi connectivity index (χ4n) is 2.15. The lowest BCUT2D eigenvalue weighted by molar-refractivity contribution is 0.101. The van der Waals surface area contributed by atoms with Crippen LogP contribution in [0.4, 0.5) is 0 Å². The van der Waals surface area contributed by atoms with E-state index in [9.17, 15) is 4.79 Å². The first kappa shape index (κ1) is 14.3. The maximum atomic E-state index is 12.5. The number of Topliss-reactive ketones (excluding diaryl/α,β-unsaturated/α-hetero) is 1. The van der Waals surface area contributed by atoms with Crippen molar-refractivity contribution < 1.29 is 9.53 Å². The predicted molar refractivity (Wildman–Crippen MR) is 78.0 cm³/mol. The third-order valence-corrected chi connectivity index (χ3v) is 3.28. The Kier molecular flexibility index (Phi) is 4.93. The van der Waals surface area contributed by atoms with Gasteiger partial charge in [0.2, 0.25) is 5.88 Å². The molecule has 0 aromatic carbocycles. The number of pyridine rings is 1. The third kappa shape index (κ3) is 3.07. The van der Waals surface area contributed by atoms with Gasteiger partial charge in [-0.25, -0.2) is 0 Å². The maximum Gasteiger partial charge on any atom is 0.200 e. The molecular weight excluding hydrogens is 252 g/mol. The minimum Gasteiger partial charge on any atom is -0.479 e. The van der Waals surface area contributed by atoms with Gasteiger partial charge in [0.25, 0.3) is 0 Å². The van der Waals surface area contributed by atoms with Crippen LogP contribution in [-0.2, 0) is 4.74 Å². The van der Waals surface area contributed by atoms with E-state index in [1.165, 1.54) is 0 Å². The Hall–Kier alpha value is -2.10. The fourth-order valence-corrected chi connectivity index (χ4v) is 2.15. The van der Waals surface area contributed by atoms with Crippen LogP contribution in [-0.4, -0.2) is 28.8 Å². The lowest BCUT2D eigenvalue weighted by Crippen LogP contribution is -2.15. The summed E-state index contributed by atoms with van der Waals surface area (Å²) in [6.45, 7) is 7.25. The van der Waals surface area contributed by atoms with Crippen molar-refractivity contribution in [1.29, 1.82) is 0 Å². The van der Waals surface area contributed by atoms with Gasteiger partial charge in [0, 0.05) is 24.5 Å². The van der Waals surface area contributed by atoms with Crippen molar-refractivity contribution in [3.05, 3.63) is 54.3 Å². The number of ketones is 1. The summed E-state index contributed by atoms with van der Waals surface area (Å²) in [5.74, 6) is 0.649. The van der Waals surface area contributed by atoms with Gasteiger partial charge in [-0.2, -0.15) is 0 Å². The highest BCUT2D eigenvalue weighted by Crippen LogP contribution is 2.27. The number of hydrogen-bond donors (Lipinski definition) is 0. The second-order valence-corrected chi connectivity index (χ2v) is 4.68. The number of ether oxygens (including phenoxy) is 1. The summed E-state index contributed by atoms with van der Waals surface area (Å²) in [5.41, 5.74) is 1.32. The molecule has 106 valence electrons. The van der Waals surface area contributed by atoms with Crippen LogP contribution in [0.1, 0.15) is 36.5 Å². The molecule has 0 radical (unpaired) electrons. The van der Waals surface area contributed by atoms with E-state index in [1.54, 1.807) is 30.7 Å². The molecule has 0 fully saturated rings. The number of rotatable bonds is 7. The standard InChI is InChI=1S/C16H20N2O2/c1-3-5-11-20-16-14(8-10-18(16)4-2)15(19)13-7-6-9-17-12-13/h4,6-7,9,12H,2-3,5,8,10-11H2,1H3. The van der Waals surface area contributed by atoms with E-state index in [1.807, 2.05) is 4.90 Å². The molecule has 0 bridgehead atoms. The van der Waals surface area contributed by atoms with Gasteiger partial charge in [-0.05, 0) is 31.2 Å². The van der Waals surface area contributed by atoms with Crippen LogP contribution in [0.25, 0.3) is 0 Å². The van der Waals surface area contributed by atoms with E-state index < -0.39 is 0 Å².